The summed E-state index contributed by atoms with van der Waals surface area (Å²) in [6.45, 7) is 1.93. The lowest BCUT2D eigenvalue weighted by Gasteiger charge is -2.19. The van der Waals surface area contributed by atoms with Crippen LogP contribution < -0.4 is 0 Å². The molecule has 0 aromatic heterocycles. The van der Waals surface area contributed by atoms with E-state index in [0.29, 0.717) is 10.8 Å². The van der Waals surface area contributed by atoms with Crippen LogP contribution in [0.5, 0.6) is 0 Å². The molecule has 0 atom stereocenters. The second kappa shape index (κ2) is 6.19. The van der Waals surface area contributed by atoms with Gasteiger partial charge in [0.25, 0.3) is 5.12 Å². The maximum atomic E-state index is 12.0. The van der Waals surface area contributed by atoms with Gasteiger partial charge in [-0.3, -0.25) is 9.59 Å². The Balaban J connectivity index is 1.98. The smallest absolute Gasteiger partial charge is 0.260 e. The molecule has 3 heteroatoms. The Morgan fingerprint density at radius 3 is 2.56 bits per heavy atom. The summed E-state index contributed by atoms with van der Waals surface area (Å²) < 4.78 is 0. The van der Waals surface area contributed by atoms with Crippen molar-refractivity contribution in [2.45, 2.75) is 44.3 Å². The first-order valence-corrected chi connectivity index (χ1v) is 7.37. The van der Waals surface area contributed by atoms with Gasteiger partial charge >= 0.3 is 0 Å². The zero-order valence-electron chi connectivity index (χ0n) is 10.6. The molecule has 0 unspecified atom stereocenters. The second-order valence-electron chi connectivity index (χ2n) is 4.86. The van der Waals surface area contributed by atoms with Crippen molar-refractivity contribution in [2.24, 2.45) is 0 Å². The van der Waals surface area contributed by atoms with Gasteiger partial charge in [-0.2, -0.15) is 0 Å². The van der Waals surface area contributed by atoms with E-state index in [-0.39, 0.29) is 10.9 Å². The summed E-state index contributed by atoms with van der Waals surface area (Å²) in [7, 11) is 0. The minimum atomic E-state index is -0.353. The summed E-state index contributed by atoms with van der Waals surface area (Å²) in [5, 5.41) is 0.0486. The van der Waals surface area contributed by atoms with Crippen LogP contribution in [-0.4, -0.2) is 16.1 Å². The summed E-state index contributed by atoms with van der Waals surface area (Å²) >= 11 is 1.24. The molecule has 0 heterocycles. The van der Waals surface area contributed by atoms with Crippen LogP contribution in [0.25, 0.3) is 0 Å². The molecule has 1 aromatic rings. The number of rotatable bonds is 3. The largest absolute Gasteiger partial charge is 0.284 e. The molecule has 2 rings (SSSR count). The van der Waals surface area contributed by atoms with Gasteiger partial charge in [0, 0.05) is 10.8 Å². The van der Waals surface area contributed by atoms with Gasteiger partial charge in [-0.1, -0.05) is 54.8 Å². The van der Waals surface area contributed by atoms with Crippen LogP contribution in [0.4, 0.5) is 0 Å². The Kier molecular flexibility index (Phi) is 4.59. The van der Waals surface area contributed by atoms with E-state index < -0.39 is 0 Å². The van der Waals surface area contributed by atoms with Crippen molar-refractivity contribution in [3.8, 4) is 0 Å². The number of hydrogen-bond donors (Lipinski definition) is 0. The Bertz CT molecular complexity index is 448. The fourth-order valence-corrected chi connectivity index (χ4v) is 3.39. The van der Waals surface area contributed by atoms with Crippen LogP contribution >= 0.6 is 11.8 Å². The second-order valence-corrected chi connectivity index (χ2v) is 6.14. The number of hydrogen-bond acceptors (Lipinski definition) is 3. The molecule has 0 N–H and O–H groups in total. The molecule has 0 amide bonds. The Morgan fingerprint density at radius 1 is 1.17 bits per heavy atom. The van der Waals surface area contributed by atoms with Crippen LogP contribution in [-0.2, 0) is 4.79 Å². The average molecular weight is 262 g/mol. The first-order valence-electron chi connectivity index (χ1n) is 6.49. The monoisotopic (exact) mass is 262 g/mol. The molecule has 0 bridgehead atoms. The van der Waals surface area contributed by atoms with E-state index in [1.807, 2.05) is 19.1 Å². The van der Waals surface area contributed by atoms with Crippen molar-refractivity contribution in [3.63, 3.8) is 0 Å². The summed E-state index contributed by atoms with van der Waals surface area (Å²) in [4.78, 5) is 23.9. The van der Waals surface area contributed by atoms with Crippen LogP contribution in [0.15, 0.2) is 24.3 Å². The molecule has 1 fully saturated rings. The Labute approximate surface area is 112 Å². The topological polar surface area (TPSA) is 34.1 Å². The standard InChI is InChI=1S/C15H18O2S/c1-11-6-5-7-12(10-11)14(16)15(17)18-13-8-3-2-4-9-13/h5-7,10,13H,2-4,8-9H2,1H3. The van der Waals surface area contributed by atoms with Gasteiger partial charge in [-0.05, 0) is 25.8 Å². The van der Waals surface area contributed by atoms with E-state index in [2.05, 4.69) is 0 Å². The highest BCUT2D eigenvalue weighted by Gasteiger charge is 2.23. The van der Waals surface area contributed by atoms with Gasteiger partial charge in [-0.15, -0.1) is 0 Å². The lowest BCUT2D eigenvalue weighted by Crippen LogP contribution is -2.17. The molecule has 2 nitrogen and oxygen atoms in total. The van der Waals surface area contributed by atoms with Crippen molar-refractivity contribution >= 4 is 22.7 Å². The van der Waals surface area contributed by atoms with Gasteiger partial charge < -0.3 is 0 Å². The number of Topliss-reactive ketones (excluding diaryl/α,β-unsaturated/α-hetero) is 1. The molecule has 1 aromatic carbocycles. The average Bonchev–Trinajstić information content (AvgIpc) is 2.39. The summed E-state index contributed by atoms with van der Waals surface area (Å²) in [6.07, 6.45) is 5.76. The molecule has 1 aliphatic carbocycles. The molecule has 0 spiro atoms. The van der Waals surface area contributed by atoms with Gasteiger partial charge in [0.2, 0.25) is 5.78 Å². The quantitative estimate of drug-likeness (QED) is 0.614. The van der Waals surface area contributed by atoms with E-state index in [4.69, 9.17) is 0 Å². The third-order valence-electron chi connectivity index (χ3n) is 3.29. The zero-order valence-corrected chi connectivity index (χ0v) is 11.5. The first kappa shape index (κ1) is 13.3. The van der Waals surface area contributed by atoms with Crippen LogP contribution in [0.1, 0.15) is 48.0 Å². The molecular weight excluding hydrogens is 244 g/mol. The van der Waals surface area contributed by atoms with E-state index in [0.717, 1.165) is 18.4 Å². The minimum Gasteiger partial charge on any atom is -0.284 e. The molecule has 1 aliphatic rings. The molecule has 18 heavy (non-hydrogen) atoms. The third kappa shape index (κ3) is 3.45. The number of carbonyl (C=O) groups excluding carboxylic acids is 2. The van der Waals surface area contributed by atoms with Crippen molar-refractivity contribution in [3.05, 3.63) is 35.4 Å². The predicted octanol–water partition coefficient (Wildman–Crippen LogP) is 3.77. The molecular formula is C15H18O2S. The summed E-state index contributed by atoms with van der Waals surface area (Å²) in [5.74, 6) is -0.353. The SMILES string of the molecule is Cc1cccc(C(=O)C(=O)SC2CCCCC2)c1. The van der Waals surface area contributed by atoms with Gasteiger partial charge in [0.15, 0.2) is 0 Å². The lowest BCUT2D eigenvalue weighted by atomic mass is 10.0. The van der Waals surface area contributed by atoms with Crippen molar-refractivity contribution in [1.29, 1.82) is 0 Å². The Morgan fingerprint density at radius 2 is 1.89 bits per heavy atom. The normalized spacial score (nSPS) is 16.5. The highest BCUT2D eigenvalue weighted by atomic mass is 32.2. The minimum absolute atomic E-state index is 0.299. The summed E-state index contributed by atoms with van der Waals surface area (Å²) in [5.41, 5.74) is 1.53. The number of benzene rings is 1. The van der Waals surface area contributed by atoms with Crippen molar-refractivity contribution < 1.29 is 9.59 Å². The number of thioether (sulfide) groups is 1. The van der Waals surface area contributed by atoms with Gasteiger partial charge in [0.05, 0.1) is 0 Å². The highest BCUT2D eigenvalue weighted by Crippen LogP contribution is 2.29. The van der Waals surface area contributed by atoms with Crippen LogP contribution in [0.3, 0.4) is 0 Å². The fourth-order valence-electron chi connectivity index (χ4n) is 2.29. The number of aryl methyl sites for hydroxylation is 1. The van der Waals surface area contributed by atoms with Crippen molar-refractivity contribution in [2.75, 3.05) is 0 Å². The lowest BCUT2D eigenvalue weighted by molar-refractivity contribution is -0.107. The summed E-state index contributed by atoms with van der Waals surface area (Å²) in [6, 6.07) is 7.24. The maximum Gasteiger partial charge on any atom is 0.260 e. The third-order valence-corrected chi connectivity index (χ3v) is 4.50. The van der Waals surface area contributed by atoms with Gasteiger partial charge in [0.1, 0.15) is 0 Å². The first-order chi connectivity index (χ1) is 8.66. The van der Waals surface area contributed by atoms with Crippen molar-refractivity contribution in [1.82, 2.24) is 0 Å². The van der Waals surface area contributed by atoms with E-state index in [1.165, 1.54) is 31.0 Å². The molecule has 0 aliphatic heterocycles. The number of carbonyl (C=O) groups is 2. The zero-order chi connectivity index (χ0) is 13.0. The highest BCUT2D eigenvalue weighted by molar-refractivity contribution is 8.16. The van der Waals surface area contributed by atoms with E-state index in [1.54, 1.807) is 12.1 Å². The Hall–Kier alpha value is -1.09. The molecule has 1 saturated carbocycles. The van der Waals surface area contributed by atoms with E-state index >= 15 is 0 Å². The van der Waals surface area contributed by atoms with Crippen LogP contribution in [0, 0.1) is 6.92 Å². The predicted molar refractivity (Wildman–Crippen MR) is 75.0 cm³/mol. The molecule has 96 valence electrons. The van der Waals surface area contributed by atoms with E-state index in [9.17, 15) is 9.59 Å². The maximum absolute atomic E-state index is 12.0. The van der Waals surface area contributed by atoms with Gasteiger partial charge in [-0.25, -0.2) is 0 Å². The fraction of sp³-hybridized carbons (Fsp3) is 0.467. The number of ketones is 1. The molecule has 0 radical (unpaired) electrons. The van der Waals surface area contributed by atoms with Crippen LogP contribution in [0.2, 0.25) is 0 Å². The molecule has 0 saturated heterocycles.